The van der Waals surface area contributed by atoms with Gasteiger partial charge in [0.05, 0.1) is 12.2 Å². The number of nitrogens with zero attached hydrogens (tertiary/aromatic N) is 1. The number of hydrogen-bond acceptors (Lipinski definition) is 10. The predicted octanol–water partition coefficient (Wildman–Crippen LogP) is 2.18. The van der Waals surface area contributed by atoms with E-state index in [1.54, 1.807) is 33.8 Å². The van der Waals surface area contributed by atoms with Crippen molar-refractivity contribution in [1.29, 1.82) is 0 Å². The smallest absolute Gasteiger partial charge is 0.332 e. The molecule has 4 aliphatic carbocycles. The van der Waals surface area contributed by atoms with E-state index in [0.717, 1.165) is 0 Å². The number of hydrogen-bond donors (Lipinski definition) is 1. The number of ether oxygens (including phenoxy) is 3. The molecule has 0 radical (unpaired) electrons. The van der Waals surface area contributed by atoms with Gasteiger partial charge in [-0.2, -0.15) is 0 Å². The maximum absolute atomic E-state index is 17.4. The largest absolute Gasteiger partial charge is 0.456 e. The number of esters is 1. The van der Waals surface area contributed by atoms with Gasteiger partial charge in [0.2, 0.25) is 5.78 Å². The zero-order valence-corrected chi connectivity index (χ0v) is 21.7. The minimum atomic E-state index is -2.09. The fourth-order valence-corrected chi connectivity index (χ4v) is 8.21. The summed E-state index contributed by atoms with van der Waals surface area (Å²) >= 11 is 0. The quantitative estimate of drug-likeness (QED) is 0.303. The van der Waals surface area contributed by atoms with E-state index in [-0.39, 0.29) is 18.6 Å². The van der Waals surface area contributed by atoms with E-state index >= 15 is 4.39 Å². The fraction of sp³-hybridized carbons (Fsp3) is 0.731. The van der Waals surface area contributed by atoms with Crippen LogP contribution in [0.1, 0.15) is 53.4 Å². The van der Waals surface area contributed by atoms with E-state index in [1.165, 1.54) is 12.2 Å². The van der Waals surface area contributed by atoms with Gasteiger partial charge in [0.15, 0.2) is 36.1 Å². The van der Waals surface area contributed by atoms with E-state index < -0.39 is 82.0 Å². The number of Topliss-reactive ketones (excluding diaryl/α,β-unsaturated/α-hetero) is 1. The first kappa shape index (κ1) is 26.9. The van der Waals surface area contributed by atoms with Crippen molar-refractivity contribution in [1.82, 2.24) is 0 Å². The van der Waals surface area contributed by atoms with Gasteiger partial charge in [-0.3, -0.25) is 9.59 Å². The van der Waals surface area contributed by atoms with E-state index in [4.69, 9.17) is 14.2 Å². The maximum atomic E-state index is 17.4. The van der Waals surface area contributed by atoms with E-state index in [9.17, 15) is 29.6 Å². The molecule has 1 N–H and O–H groups in total. The van der Waals surface area contributed by atoms with Gasteiger partial charge in [-0.15, -0.1) is 10.1 Å². The lowest BCUT2D eigenvalue weighted by Crippen LogP contribution is -2.70. The van der Waals surface area contributed by atoms with Gasteiger partial charge in [0, 0.05) is 16.7 Å². The predicted molar refractivity (Wildman–Crippen MR) is 125 cm³/mol. The highest BCUT2D eigenvalue weighted by Gasteiger charge is 2.80. The zero-order chi connectivity index (χ0) is 27.9. The van der Waals surface area contributed by atoms with Gasteiger partial charge >= 0.3 is 5.97 Å². The second-order valence-electron chi connectivity index (χ2n) is 11.9. The Balaban J connectivity index is 1.50. The molecule has 1 unspecified atom stereocenters. The number of aliphatic hydroxyl groups is 1. The number of allylic oxidation sites excluding steroid dienone is 4. The number of rotatable bonds is 6. The van der Waals surface area contributed by atoms with Crippen LogP contribution in [0.5, 0.6) is 0 Å². The van der Waals surface area contributed by atoms with Crippen LogP contribution in [0.2, 0.25) is 0 Å². The monoisotopic (exact) mass is 537 g/mol. The molecule has 1 saturated heterocycles. The minimum absolute atomic E-state index is 0.130. The SMILES string of the molecule is CC1(C)O[C@@H]2C[C@H]3C4CCC5=CC(=O)C=C[C@]5(C)[C@@]4(F)[C@@H](O)C[C@]3(C)[C@]2(C(=O)COC(=O)CO[N+](=O)[O-])O1. The molecule has 11 nitrogen and oxygen atoms in total. The van der Waals surface area contributed by atoms with Crippen LogP contribution in [-0.2, 0) is 33.4 Å². The van der Waals surface area contributed by atoms with Crippen molar-refractivity contribution < 1.29 is 48.0 Å². The molecule has 5 rings (SSSR count). The lowest BCUT2D eigenvalue weighted by Gasteiger charge is -2.62. The van der Waals surface area contributed by atoms with Crippen LogP contribution >= 0.6 is 0 Å². The normalized spacial score (nSPS) is 44.3. The molecule has 1 heterocycles. The maximum Gasteiger partial charge on any atom is 0.332 e. The second kappa shape index (κ2) is 8.40. The van der Waals surface area contributed by atoms with Gasteiger partial charge in [-0.25, -0.2) is 9.18 Å². The molecular weight excluding hydrogens is 505 g/mol. The van der Waals surface area contributed by atoms with Gasteiger partial charge in [-0.05, 0) is 64.5 Å². The third kappa shape index (κ3) is 3.45. The van der Waals surface area contributed by atoms with Crippen molar-refractivity contribution in [3.05, 3.63) is 33.9 Å². The fourth-order valence-electron chi connectivity index (χ4n) is 8.21. The molecule has 38 heavy (non-hydrogen) atoms. The number of aliphatic hydroxyl groups excluding tert-OH is 1. The Bertz CT molecular complexity index is 1170. The Labute approximate surface area is 218 Å². The molecule has 12 heteroatoms. The van der Waals surface area contributed by atoms with Gasteiger partial charge in [-0.1, -0.05) is 18.6 Å². The first-order valence-electron chi connectivity index (χ1n) is 12.8. The molecule has 208 valence electrons. The third-order valence-corrected chi connectivity index (χ3v) is 9.70. The van der Waals surface area contributed by atoms with Crippen LogP contribution in [-0.4, -0.2) is 70.2 Å². The summed E-state index contributed by atoms with van der Waals surface area (Å²) < 4.78 is 34.8. The molecule has 0 amide bonds. The molecule has 0 aromatic heterocycles. The first-order valence-corrected chi connectivity index (χ1v) is 12.8. The van der Waals surface area contributed by atoms with Crippen LogP contribution in [0.25, 0.3) is 0 Å². The Morgan fingerprint density at radius 3 is 2.63 bits per heavy atom. The van der Waals surface area contributed by atoms with Crippen molar-refractivity contribution >= 4 is 17.5 Å². The Hall–Kier alpha value is -2.70. The summed E-state index contributed by atoms with van der Waals surface area (Å²) in [6.07, 6.45) is 3.05. The van der Waals surface area contributed by atoms with Crippen molar-refractivity contribution in [2.45, 2.75) is 82.6 Å². The summed E-state index contributed by atoms with van der Waals surface area (Å²) in [6.45, 7) is 5.06. The minimum Gasteiger partial charge on any atom is -0.456 e. The highest BCUT2D eigenvalue weighted by Crippen LogP contribution is 2.72. The highest BCUT2D eigenvalue weighted by atomic mass is 19.1. The van der Waals surface area contributed by atoms with Gasteiger partial charge in [0.1, 0.15) is 0 Å². The van der Waals surface area contributed by atoms with Gasteiger partial charge in [0.25, 0.3) is 5.09 Å². The molecule has 0 aromatic rings. The number of ketones is 2. The third-order valence-electron chi connectivity index (χ3n) is 9.70. The standard InChI is InChI=1S/C26H32FNO10/c1-22(2)37-20-10-17-16-6-5-14-9-15(29)7-8-23(14,3)25(16,27)18(30)11-24(17,4)26(20,38-22)19(31)12-35-21(32)13-36-28(33)34/h7-9,16-18,20,30H,5-6,10-13H2,1-4H3/t16?,17-,18-,20+,23-,24-,25-,26+/m0/s1. The number of halogens is 1. The summed E-state index contributed by atoms with van der Waals surface area (Å²) in [4.78, 5) is 52.1. The molecule has 0 spiro atoms. The molecule has 0 bridgehead atoms. The molecule has 8 atom stereocenters. The lowest BCUT2D eigenvalue weighted by molar-refractivity contribution is -0.754. The average Bonchev–Trinajstić information content (AvgIpc) is 3.23. The van der Waals surface area contributed by atoms with Crippen LogP contribution in [0.4, 0.5) is 4.39 Å². The second-order valence-corrected chi connectivity index (χ2v) is 11.9. The first-order chi connectivity index (χ1) is 17.6. The molecular formula is C26H32FNO10. The number of carbonyl (C=O) groups is 3. The van der Waals surface area contributed by atoms with E-state index in [1.807, 2.05) is 0 Å². The highest BCUT2D eigenvalue weighted by molar-refractivity contribution is 6.01. The van der Waals surface area contributed by atoms with Crippen molar-refractivity contribution in [2.75, 3.05) is 13.2 Å². The van der Waals surface area contributed by atoms with E-state index in [0.29, 0.717) is 18.4 Å². The van der Waals surface area contributed by atoms with Crippen molar-refractivity contribution in [2.24, 2.45) is 22.7 Å². The summed E-state index contributed by atoms with van der Waals surface area (Å²) in [6, 6.07) is 0. The zero-order valence-electron chi connectivity index (χ0n) is 21.7. The van der Waals surface area contributed by atoms with Crippen LogP contribution in [0.3, 0.4) is 0 Å². The molecule has 3 saturated carbocycles. The molecule has 0 aromatic carbocycles. The summed E-state index contributed by atoms with van der Waals surface area (Å²) in [7, 11) is 0. The average molecular weight is 538 g/mol. The van der Waals surface area contributed by atoms with Crippen LogP contribution < -0.4 is 0 Å². The van der Waals surface area contributed by atoms with Gasteiger partial charge < -0.3 is 24.2 Å². The molecule has 1 aliphatic heterocycles. The van der Waals surface area contributed by atoms with Crippen molar-refractivity contribution in [3.8, 4) is 0 Å². The summed E-state index contributed by atoms with van der Waals surface area (Å²) in [5.41, 5.74) is -5.37. The Morgan fingerprint density at radius 1 is 1.24 bits per heavy atom. The van der Waals surface area contributed by atoms with Crippen LogP contribution in [0, 0.1) is 32.8 Å². The Kier molecular flexibility index (Phi) is 5.94. The molecule has 5 aliphatic rings. The number of fused-ring (bicyclic) bond motifs is 7. The topological polar surface area (TPSA) is 152 Å². The lowest BCUT2D eigenvalue weighted by atomic mass is 9.44. The van der Waals surface area contributed by atoms with Crippen molar-refractivity contribution in [3.63, 3.8) is 0 Å². The van der Waals surface area contributed by atoms with E-state index in [2.05, 4.69) is 4.84 Å². The Morgan fingerprint density at radius 2 is 1.95 bits per heavy atom. The summed E-state index contributed by atoms with van der Waals surface area (Å²) in [5, 5.41) is 20.8. The molecule has 4 fully saturated rings. The number of alkyl halides is 1. The number of carbonyl (C=O) groups excluding carboxylic acids is 3. The van der Waals surface area contributed by atoms with Crippen LogP contribution in [0.15, 0.2) is 23.8 Å². The summed E-state index contributed by atoms with van der Waals surface area (Å²) in [5.74, 6) is -4.22.